The maximum absolute atomic E-state index is 6.52. The van der Waals surface area contributed by atoms with Crippen LogP contribution in [0.4, 0.5) is 0 Å². The van der Waals surface area contributed by atoms with Crippen molar-refractivity contribution < 1.29 is 9.31 Å². The second kappa shape index (κ2) is 5.01. The van der Waals surface area contributed by atoms with Gasteiger partial charge >= 0.3 is 7.12 Å². The SMILES string of the molecule is Cc1cc(C2CCC2)c(Cl)cc1B1OC(C)(C)C(C)(C)O1. The molecule has 1 aromatic carbocycles. The van der Waals surface area contributed by atoms with Crippen LogP contribution < -0.4 is 5.46 Å². The second-order valence-corrected chi connectivity index (χ2v) is 7.85. The smallest absolute Gasteiger partial charge is 0.399 e. The van der Waals surface area contributed by atoms with Crippen LogP contribution in [0.5, 0.6) is 0 Å². The summed E-state index contributed by atoms with van der Waals surface area (Å²) < 4.78 is 12.3. The zero-order valence-electron chi connectivity index (χ0n) is 13.6. The summed E-state index contributed by atoms with van der Waals surface area (Å²) in [5.74, 6) is 0.642. The van der Waals surface area contributed by atoms with Gasteiger partial charge < -0.3 is 9.31 Å². The van der Waals surface area contributed by atoms with E-state index in [2.05, 4.69) is 40.7 Å². The first-order valence-electron chi connectivity index (χ1n) is 7.87. The summed E-state index contributed by atoms with van der Waals surface area (Å²) in [6, 6.07) is 4.28. The molecule has 4 heteroatoms. The third-order valence-corrected chi connectivity index (χ3v) is 5.76. The fourth-order valence-corrected chi connectivity index (χ4v) is 3.30. The van der Waals surface area contributed by atoms with Crippen LogP contribution in [-0.2, 0) is 9.31 Å². The molecule has 2 aliphatic rings. The molecule has 0 radical (unpaired) electrons. The standard InChI is InChI=1S/C17H24BClO2/c1-11-9-13(12-7-6-8-12)15(19)10-14(11)18-20-16(2,3)17(4,5)21-18/h9-10,12H,6-8H2,1-5H3. The van der Waals surface area contributed by atoms with Crippen molar-refractivity contribution >= 4 is 24.2 Å². The molecule has 0 spiro atoms. The van der Waals surface area contributed by atoms with E-state index in [0.717, 1.165) is 10.5 Å². The van der Waals surface area contributed by atoms with Crippen LogP contribution >= 0.6 is 11.6 Å². The van der Waals surface area contributed by atoms with Crippen molar-refractivity contribution in [1.29, 1.82) is 0 Å². The Bertz CT molecular complexity index is 548. The van der Waals surface area contributed by atoms with E-state index in [9.17, 15) is 0 Å². The van der Waals surface area contributed by atoms with Gasteiger partial charge in [0, 0.05) is 5.02 Å². The molecule has 2 fully saturated rings. The lowest BCUT2D eigenvalue weighted by molar-refractivity contribution is 0.00578. The molecule has 1 heterocycles. The Kier molecular flexibility index (Phi) is 3.67. The first-order chi connectivity index (χ1) is 9.71. The Labute approximate surface area is 133 Å². The predicted octanol–water partition coefficient (Wildman–Crippen LogP) is 4.22. The van der Waals surface area contributed by atoms with E-state index in [0.29, 0.717) is 5.92 Å². The Morgan fingerprint density at radius 2 is 1.67 bits per heavy atom. The van der Waals surface area contributed by atoms with Crippen molar-refractivity contribution in [3.63, 3.8) is 0 Å². The lowest BCUT2D eigenvalue weighted by Crippen LogP contribution is -2.41. The highest BCUT2D eigenvalue weighted by Gasteiger charge is 2.52. The molecule has 0 aromatic heterocycles. The minimum Gasteiger partial charge on any atom is -0.399 e. The van der Waals surface area contributed by atoms with Gasteiger partial charge in [0.2, 0.25) is 0 Å². The van der Waals surface area contributed by atoms with Crippen molar-refractivity contribution in [1.82, 2.24) is 0 Å². The molecule has 114 valence electrons. The van der Waals surface area contributed by atoms with E-state index in [4.69, 9.17) is 20.9 Å². The lowest BCUT2D eigenvalue weighted by atomic mass is 9.73. The van der Waals surface area contributed by atoms with Gasteiger partial charge in [0.25, 0.3) is 0 Å². The zero-order chi connectivity index (χ0) is 15.4. The Morgan fingerprint density at radius 3 is 2.14 bits per heavy atom. The summed E-state index contributed by atoms with van der Waals surface area (Å²) in [5, 5.41) is 0.856. The summed E-state index contributed by atoms with van der Waals surface area (Å²) in [4.78, 5) is 0. The Hall–Kier alpha value is -0.505. The largest absolute Gasteiger partial charge is 0.495 e. The van der Waals surface area contributed by atoms with Crippen molar-refractivity contribution in [2.45, 2.75) is 71.0 Å². The van der Waals surface area contributed by atoms with E-state index in [1.807, 2.05) is 6.07 Å². The first kappa shape index (κ1) is 15.4. The summed E-state index contributed by atoms with van der Waals surface area (Å²) in [5.41, 5.74) is 2.93. The van der Waals surface area contributed by atoms with Crippen LogP contribution in [0.25, 0.3) is 0 Å². The van der Waals surface area contributed by atoms with Gasteiger partial charge in [-0.1, -0.05) is 29.7 Å². The third kappa shape index (κ3) is 2.54. The van der Waals surface area contributed by atoms with Crippen LogP contribution in [-0.4, -0.2) is 18.3 Å². The normalized spacial score (nSPS) is 24.2. The van der Waals surface area contributed by atoms with Gasteiger partial charge in [-0.15, -0.1) is 0 Å². The summed E-state index contributed by atoms with van der Waals surface area (Å²) >= 11 is 6.52. The molecule has 0 unspecified atom stereocenters. The average Bonchev–Trinajstić information content (AvgIpc) is 2.50. The highest BCUT2D eigenvalue weighted by atomic mass is 35.5. The van der Waals surface area contributed by atoms with Crippen LogP contribution in [0, 0.1) is 6.92 Å². The highest BCUT2D eigenvalue weighted by molar-refractivity contribution is 6.63. The molecule has 1 aliphatic carbocycles. The summed E-state index contributed by atoms with van der Waals surface area (Å²) in [7, 11) is -0.331. The lowest BCUT2D eigenvalue weighted by Gasteiger charge is -2.32. The Balaban J connectivity index is 1.92. The predicted molar refractivity (Wildman–Crippen MR) is 88.5 cm³/mol. The minimum atomic E-state index is -0.331. The van der Waals surface area contributed by atoms with Crippen LogP contribution in [0.15, 0.2) is 12.1 Å². The molecule has 1 saturated heterocycles. The van der Waals surface area contributed by atoms with Crippen molar-refractivity contribution in [2.24, 2.45) is 0 Å². The molecular formula is C17H24BClO2. The molecule has 1 aliphatic heterocycles. The van der Waals surface area contributed by atoms with Gasteiger partial charge in [-0.05, 0) is 70.5 Å². The molecule has 21 heavy (non-hydrogen) atoms. The van der Waals surface area contributed by atoms with E-state index < -0.39 is 0 Å². The molecule has 1 saturated carbocycles. The van der Waals surface area contributed by atoms with Crippen molar-refractivity contribution in [3.8, 4) is 0 Å². The number of aryl methyl sites for hydroxylation is 1. The van der Waals surface area contributed by atoms with E-state index in [1.54, 1.807) is 0 Å². The van der Waals surface area contributed by atoms with Crippen LogP contribution in [0.3, 0.4) is 0 Å². The molecule has 0 amide bonds. The maximum Gasteiger partial charge on any atom is 0.495 e. The second-order valence-electron chi connectivity index (χ2n) is 7.45. The van der Waals surface area contributed by atoms with Gasteiger partial charge in [-0.3, -0.25) is 0 Å². The topological polar surface area (TPSA) is 18.5 Å². The Morgan fingerprint density at radius 1 is 1.10 bits per heavy atom. The first-order valence-corrected chi connectivity index (χ1v) is 8.25. The molecular weight excluding hydrogens is 282 g/mol. The fourth-order valence-electron chi connectivity index (χ4n) is 2.98. The molecule has 1 aromatic rings. The molecule has 0 atom stereocenters. The number of rotatable bonds is 2. The number of benzene rings is 1. The van der Waals surface area contributed by atoms with E-state index >= 15 is 0 Å². The van der Waals surface area contributed by atoms with Gasteiger partial charge in [-0.25, -0.2) is 0 Å². The zero-order valence-corrected chi connectivity index (χ0v) is 14.4. The van der Waals surface area contributed by atoms with Gasteiger partial charge in [0.05, 0.1) is 11.2 Å². The van der Waals surface area contributed by atoms with E-state index in [1.165, 1.54) is 30.4 Å². The molecule has 2 nitrogen and oxygen atoms in total. The third-order valence-electron chi connectivity index (χ3n) is 5.44. The van der Waals surface area contributed by atoms with Crippen LogP contribution in [0.2, 0.25) is 5.02 Å². The van der Waals surface area contributed by atoms with Gasteiger partial charge in [-0.2, -0.15) is 0 Å². The molecule has 0 N–H and O–H groups in total. The minimum absolute atomic E-state index is 0.316. The quantitative estimate of drug-likeness (QED) is 0.762. The average molecular weight is 307 g/mol. The molecule has 3 rings (SSSR count). The number of hydrogen-bond acceptors (Lipinski definition) is 2. The number of halogens is 1. The van der Waals surface area contributed by atoms with Gasteiger partial charge in [0.1, 0.15) is 0 Å². The maximum atomic E-state index is 6.52. The fraction of sp³-hybridized carbons (Fsp3) is 0.647. The van der Waals surface area contributed by atoms with Crippen molar-refractivity contribution in [2.75, 3.05) is 0 Å². The monoisotopic (exact) mass is 306 g/mol. The van der Waals surface area contributed by atoms with Crippen LogP contribution in [0.1, 0.15) is 64.0 Å². The summed E-state index contributed by atoms with van der Waals surface area (Å²) in [6.45, 7) is 10.4. The highest BCUT2D eigenvalue weighted by Crippen LogP contribution is 2.41. The van der Waals surface area contributed by atoms with Crippen molar-refractivity contribution in [3.05, 3.63) is 28.3 Å². The summed E-state index contributed by atoms with van der Waals surface area (Å²) in [6.07, 6.45) is 3.84. The number of hydrogen-bond donors (Lipinski definition) is 0. The molecule has 0 bridgehead atoms. The van der Waals surface area contributed by atoms with Gasteiger partial charge in [0.15, 0.2) is 0 Å². The van der Waals surface area contributed by atoms with E-state index in [-0.39, 0.29) is 18.3 Å².